The first kappa shape index (κ1) is 13.1. The van der Waals surface area contributed by atoms with E-state index in [4.69, 9.17) is 9.57 Å². The van der Waals surface area contributed by atoms with Gasteiger partial charge in [-0.2, -0.15) is 0 Å². The highest BCUT2D eigenvalue weighted by molar-refractivity contribution is 7.12. The number of carbonyl (C=O) groups is 1. The van der Waals surface area contributed by atoms with E-state index in [0.29, 0.717) is 6.42 Å². The number of ether oxygens (including phenoxy) is 1. The van der Waals surface area contributed by atoms with Crippen LogP contribution in [0.4, 0.5) is 0 Å². The van der Waals surface area contributed by atoms with Gasteiger partial charge in [-0.25, -0.2) is 4.79 Å². The van der Waals surface area contributed by atoms with Crippen LogP contribution in [-0.4, -0.2) is 18.8 Å². The Hall–Kier alpha value is -1.36. The molecule has 0 amide bonds. The third-order valence-electron chi connectivity index (χ3n) is 3.07. The molecule has 2 heterocycles. The number of hydrogen-bond donors (Lipinski definition) is 0. The molecule has 1 aliphatic rings. The summed E-state index contributed by atoms with van der Waals surface area (Å²) < 4.78 is 4.90. The minimum absolute atomic E-state index is 0.262. The molecule has 0 saturated heterocycles. The van der Waals surface area contributed by atoms with Crippen molar-refractivity contribution in [1.82, 2.24) is 0 Å². The molecule has 1 aliphatic heterocycles. The first-order valence-electron chi connectivity index (χ1n) is 5.90. The number of thiophene rings is 1. The molecule has 0 spiro atoms. The summed E-state index contributed by atoms with van der Waals surface area (Å²) in [5.41, 5.74) is -0.181. The standard InChI is InChI=1S/C13H17NO3S/c1-8(2)10-7-13(17-14-10,12(15)16-4)11-6-5-9(3)18-11/h5-6,8H,7H2,1-4H3. The predicted octanol–water partition coefficient (Wildman–Crippen LogP) is 2.86. The van der Waals surface area contributed by atoms with Crippen molar-refractivity contribution in [1.29, 1.82) is 0 Å². The molecule has 4 nitrogen and oxygen atoms in total. The number of nitrogens with zero attached hydrogens (tertiary/aromatic N) is 1. The molecule has 1 unspecified atom stereocenters. The molecule has 0 aromatic carbocycles. The minimum atomic E-state index is -1.08. The second-order valence-electron chi connectivity index (χ2n) is 4.73. The lowest BCUT2D eigenvalue weighted by Crippen LogP contribution is -2.36. The third kappa shape index (κ3) is 2.03. The average molecular weight is 267 g/mol. The number of rotatable bonds is 3. The summed E-state index contributed by atoms with van der Waals surface area (Å²) in [6.07, 6.45) is 0.470. The lowest BCUT2D eigenvalue weighted by atomic mass is 9.91. The fourth-order valence-corrected chi connectivity index (χ4v) is 2.90. The lowest BCUT2D eigenvalue weighted by molar-refractivity contribution is -0.167. The van der Waals surface area contributed by atoms with Crippen LogP contribution >= 0.6 is 11.3 Å². The number of methoxy groups -OCH3 is 1. The van der Waals surface area contributed by atoms with Crippen LogP contribution in [0, 0.1) is 12.8 Å². The molecule has 0 bridgehead atoms. The number of oxime groups is 1. The van der Waals surface area contributed by atoms with Crippen molar-refractivity contribution in [3.63, 3.8) is 0 Å². The van der Waals surface area contributed by atoms with E-state index in [1.807, 2.05) is 32.9 Å². The Balaban J connectivity index is 2.37. The van der Waals surface area contributed by atoms with Gasteiger partial charge in [-0.3, -0.25) is 0 Å². The van der Waals surface area contributed by atoms with Crippen LogP contribution in [0.5, 0.6) is 0 Å². The zero-order valence-corrected chi connectivity index (χ0v) is 11.8. The molecule has 0 aliphatic carbocycles. The largest absolute Gasteiger partial charge is 0.466 e. The van der Waals surface area contributed by atoms with Gasteiger partial charge >= 0.3 is 5.97 Å². The van der Waals surface area contributed by atoms with E-state index in [2.05, 4.69) is 5.16 Å². The second kappa shape index (κ2) is 4.72. The highest BCUT2D eigenvalue weighted by Gasteiger charge is 2.50. The molecule has 1 aromatic heterocycles. The van der Waals surface area contributed by atoms with Crippen molar-refractivity contribution < 1.29 is 14.4 Å². The number of carbonyl (C=O) groups excluding carboxylic acids is 1. The van der Waals surface area contributed by atoms with E-state index in [-0.39, 0.29) is 11.9 Å². The molecule has 0 radical (unpaired) electrons. The lowest BCUT2D eigenvalue weighted by Gasteiger charge is -2.22. The zero-order chi connectivity index (χ0) is 13.3. The molecule has 98 valence electrons. The van der Waals surface area contributed by atoms with Crippen molar-refractivity contribution in [3.05, 3.63) is 21.9 Å². The maximum atomic E-state index is 12.1. The first-order chi connectivity index (χ1) is 8.49. The Kier molecular flexibility index (Phi) is 3.43. The number of hydrogen-bond acceptors (Lipinski definition) is 5. The van der Waals surface area contributed by atoms with E-state index in [1.165, 1.54) is 7.11 Å². The van der Waals surface area contributed by atoms with Gasteiger partial charge in [-0.15, -0.1) is 11.3 Å². The highest BCUT2D eigenvalue weighted by atomic mass is 32.1. The number of aryl methyl sites for hydroxylation is 1. The van der Waals surface area contributed by atoms with Crippen LogP contribution in [0.25, 0.3) is 0 Å². The highest BCUT2D eigenvalue weighted by Crippen LogP contribution is 2.40. The molecule has 0 N–H and O–H groups in total. The molecular weight excluding hydrogens is 250 g/mol. The monoisotopic (exact) mass is 267 g/mol. The van der Waals surface area contributed by atoms with Gasteiger partial charge in [-0.1, -0.05) is 19.0 Å². The molecule has 18 heavy (non-hydrogen) atoms. The smallest absolute Gasteiger partial charge is 0.359 e. The van der Waals surface area contributed by atoms with Crippen molar-refractivity contribution >= 4 is 23.0 Å². The van der Waals surface area contributed by atoms with Gasteiger partial charge in [0.25, 0.3) is 5.60 Å². The van der Waals surface area contributed by atoms with Gasteiger partial charge in [0.2, 0.25) is 0 Å². The summed E-state index contributed by atoms with van der Waals surface area (Å²) in [5.74, 6) is -0.124. The number of esters is 1. The van der Waals surface area contributed by atoms with E-state index in [1.54, 1.807) is 11.3 Å². The third-order valence-corrected chi connectivity index (χ3v) is 4.21. The maximum absolute atomic E-state index is 12.1. The molecule has 1 aromatic rings. The second-order valence-corrected chi connectivity index (χ2v) is 6.02. The Morgan fingerprint density at radius 3 is 2.72 bits per heavy atom. The fraction of sp³-hybridized carbons (Fsp3) is 0.538. The average Bonchev–Trinajstić information content (AvgIpc) is 2.94. The molecule has 1 atom stereocenters. The summed E-state index contributed by atoms with van der Waals surface area (Å²) in [4.78, 5) is 19.6. The Bertz CT molecular complexity index is 492. The van der Waals surface area contributed by atoms with E-state index >= 15 is 0 Å². The summed E-state index contributed by atoms with van der Waals surface area (Å²) >= 11 is 1.54. The predicted molar refractivity (Wildman–Crippen MR) is 70.7 cm³/mol. The SMILES string of the molecule is COC(=O)C1(c2ccc(C)s2)CC(C(C)C)=NO1. The van der Waals surface area contributed by atoms with Gasteiger partial charge in [0, 0.05) is 11.3 Å². The molecule has 0 saturated carbocycles. The quantitative estimate of drug-likeness (QED) is 0.791. The van der Waals surface area contributed by atoms with Crippen LogP contribution in [-0.2, 0) is 20.0 Å². The molecular formula is C13H17NO3S. The Morgan fingerprint density at radius 2 is 2.28 bits per heavy atom. The summed E-state index contributed by atoms with van der Waals surface area (Å²) in [7, 11) is 1.38. The van der Waals surface area contributed by atoms with Gasteiger partial charge in [-0.05, 0) is 25.0 Å². The van der Waals surface area contributed by atoms with Crippen LogP contribution in [0.2, 0.25) is 0 Å². The summed E-state index contributed by atoms with van der Waals surface area (Å²) in [6.45, 7) is 6.07. The minimum Gasteiger partial charge on any atom is -0.466 e. The maximum Gasteiger partial charge on any atom is 0.359 e. The zero-order valence-electron chi connectivity index (χ0n) is 11.0. The van der Waals surface area contributed by atoms with Gasteiger partial charge < -0.3 is 9.57 Å². The fourth-order valence-electron chi connectivity index (χ4n) is 1.92. The topological polar surface area (TPSA) is 47.9 Å². The Labute approximate surface area is 111 Å². The van der Waals surface area contributed by atoms with Gasteiger partial charge in [0.15, 0.2) is 0 Å². The van der Waals surface area contributed by atoms with Crippen molar-refractivity contribution in [2.45, 2.75) is 32.8 Å². The van der Waals surface area contributed by atoms with Gasteiger partial charge in [0.05, 0.1) is 17.7 Å². The normalized spacial score (nSPS) is 22.8. The van der Waals surface area contributed by atoms with E-state index in [0.717, 1.165) is 15.5 Å². The van der Waals surface area contributed by atoms with Crippen molar-refractivity contribution in [3.8, 4) is 0 Å². The van der Waals surface area contributed by atoms with Crippen molar-refractivity contribution in [2.75, 3.05) is 7.11 Å². The summed E-state index contributed by atoms with van der Waals surface area (Å²) in [6, 6.07) is 3.89. The van der Waals surface area contributed by atoms with Gasteiger partial charge in [0.1, 0.15) is 0 Å². The Morgan fingerprint density at radius 1 is 1.56 bits per heavy atom. The first-order valence-corrected chi connectivity index (χ1v) is 6.71. The van der Waals surface area contributed by atoms with Crippen molar-refractivity contribution in [2.24, 2.45) is 11.1 Å². The molecule has 5 heteroatoms. The van der Waals surface area contributed by atoms with E-state index < -0.39 is 5.60 Å². The van der Waals surface area contributed by atoms with E-state index in [9.17, 15) is 4.79 Å². The van der Waals surface area contributed by atoms with Crippen LogP contribution in [0.15, 0.2) is 17.3 Å². The van der Waals surface area contributed by atoms with Crippen LogP contribution in [0.3, 0.4) is 0 Å². The molecule has 2 rings (SSSR count). The summed E-state index contributed by atoms with van der Waals surface area (Å²) in [5, 5.41) is 4.07. The van der Waals surface area contributed by atoms with Crippen LogP contribution < -0.4 is 0 Å². The van der Waals surface area contributed by atoms with Crippen LogP contribution in [0.1, 0.15) is 30.0 Å². The molecule has 0 fully saturated rings.